The minimum atomic E-state index is -2.56. The van der Waals surface area contributed by atoms with Gasteiger partial charge in [0.2, 0.25) is 0 Å². The summed E-state index contributed by atoms with van der Waals surface area (Å²) < 4.78 is 27.8. The Labute approximate surface area is 161 Å². The maximum atomic E-state index is 11.4. The van der Waals surface area contributed by atoms with Gasteiger partial charge in [-0.25, -0.2) is 0 Å². The van der Waals surface area contributed by atoms with E-state index in [0.717, 1.165) is 26.3 Å². The normalized spacial score (nSPS) is 11.5. The molecule has 0 amide bonds. The van der Waals surface area contributed by atoms with Crippen LogP contribution in [0.15, 0.2) is 12.1 Å². The Bertz CT molecular complexity index is 609. The van der Waals surface area contributed by atoms with Crippen LogP contribution in [0.4, 0.5) is 11.4 Å². The Morgan fingerprint density at radius 2 is 1.82 bits per heavy atom. The van der Waals surface area contributed by atoms with E-state index in [1.54, 1.807) is 34.5 Å². The summed E-state index contributed by atoms with van der Waals surface area (Å²) >= 11 is 0. The monoisotopic (exact) mass is 668 g/mol. The molecule has 1 N–H and O–H groups in total. The molecule has 1 aromatic rings. The van der Waals surface area contributed by atoms with Crippen molar-refractivity contribution in [3.8, 4) is 5.75 Å². The van der Waals surface area contributed by atoms with E-state index in [2.05, 4.69) is 5.32 Å². The molecule has 0 aromatic heterocycles. The molecule has 0 saturated heterocycles. The molecule has 0 aliphatic rings. The number of benzene rings is 1. The van der Waals surface area contributed by atoms with E-state index in [0.29, 0.717) is 29.7 Å². The number of hydrogen-bond acceptors (Lipinski definition) is 8. The molecule has 0 aliphatic heterocycles. The fourth-order valence-electron chi connectivity index (χ4n) is 2.71. The van der Waals surface area contributed by atoms with Crippen LogP contribution in [0.2, 0.25) is 13.0 Å². The Hall–Kier alpha value is -2.72. The third-order valence-corrected chi connectivity index (χ3v) is 8.73. The van der Waals surface area contributed by atoms with Crippen molar-refractivity contribution < 1.29 is 27.7 Å². The molecule has 0 fully saturated rings. The second kappa shape index (κ2) is 11.9. The van der Waals surface area contributed by atoms with Crippen LogP contribution in [0.5, 0.6) is 5.75 Å². The van der Waals surface area contributed by atoms with Gasteiger partial charge in [0.1, 0.15) is 0 Å². The van der Waals surface area contributed by atoms with Crippen LogP contribution in [0.25, 0.3) is 0 Å². The topological polar surface area (TPSA) is 101 Å². The van der Waals surface area contributed by atoms with E-state index in [9.17, 15) is 10.1 Å². The first-order valence-corrected chi connectivity index (χ1v) is 15.5. The number of anilines is 1. The number of nitrogens with one attached hydrogen (secondary N) is 1. The number of ether oxygens (including phenoxy) is 2. The molecule has 0 saturated carbocycles. The predicted molar refractivity (Wildman–Crippen MR) is 103 cm³/mol. The first-order chi connectivity index (χ1) is 13.5. The van der Waals surface area contributed by atoms with Gasteiger partial charge < -0.3 is 13.3 Å². The molecule has 0 aliphatic carbocycles. The Balaban J connectivity index is 2.64. The van der Waals surface area contributed by atoms with Gasteiger partial charge in [-0.05, 0) is 0 Å². The first kappa shape index (κ1) is 23.3. The Kier molecular flexibility index (Phi) is 9.89. The molecule has 0 unspecified atom stereocenters. The summed E-state index contributed by atoms with van der Waals surface area (Å²) in [4.78, 5) is 11.1. The SMILES string of the molecule is COc1cc(COCCCC[Si](OC)(OC)OC)c([N+](=O)[O-])cc1NC[CH2][Rf]. The summed E-state index contributed by atoms with van der Waals surface area (Å²) in [5.74, 6) is 0.587. The fourth-order valence-corrected chi connectivity index (χ4v) is 5.31. The number of unbranched alkanes of at least 4 members (excludes halogenated alkanes) is 1. The minimum absolute atomic E-state index is 0.0346. The van der Waals surface area contributed by atoms with E-state index in [1.807, 2.05) is 0 Å². The average molecular weight is 669 g/mol. The van der Waals surface area contributed by atoms with Gasteiger partial charge in [-0.2, -0.15) is 0 Å². The third-order valence-electron chi connectivity index (χ3n) is 4.30. The van der Waals surface area contributed by atoms with Gasteiger partial charge in [-0.1, -0.05) is 0 Å². The molecule has 155 valence electrons. The van der Waals surface area contributed by atoms with Gasteiger partial charge in [0, 0.05) is 27.4 Å². The van der Waals surface area contributed by atoms with Crippen LogP contribution in [0.1, 0.15) is 18.4 Å². The molecule has 9 nitrogen and oxygen atoms in total. The average Bonchev–Trinajstić information content (AvgIpc) is 2.72. The number of rotatable bonds is 15. The summed E-state index contributed by atoms with van der Waals surface area (Å²) in [6.45, 7) is 2.54. The summed E-state index contributed by atoms with van der Waals surface area (Å²) in [5.41, 5.74) is 1.18. The zero-order valence-corrected chi connectivity index (χ0v) is 24.5. The summed E-state index contributed by atoms with van der Waals surface area (Å²) in [5, 5.41) is 14.6. The van der Waals surface area contributed by atoms with Gasteiger partial charge in [0.25, 0.3) is 0 Å². The maximum absolute atomic E-state index is 11.4. The molecule has 0 radical (unpaired) electrons. The van der Waals surface area contributed by atoms with Gasteiger partial charge in [-0.3, -0.25) is 0 Å². The van der Waals surface area contributed by atoms with Crippen LogP contribution in [0.3, 0.4) is 0 Å². The quantitative estimate of drug-likeness (QED) is 0.132. The second-order valence-electron chi connectivity index (χ2n) is 6.02. The number of methoxy groups -OCH3 is 1. The van der Waals surface area contributed by atoms with Crippen LogP contribution in [-0.2, 0) is 24.6 Å². The van der Waals surface area contributed by atoms with E-state index < -0.39 is 8.80 Å². The van der Waals surface area contributed by atoms with E-state index >= 15 is 0 Å². The van der Waals surface area contributed by atoms with E-state index in [1.165, 1.54) is 6.07 Å². The number of hydrogen-bond donors (Lipinski definition) is 1. The molecule has 1 aromatic carbocycles. The van der Waals surface area contributed by atoms with E-state index in [-0.39, 0.29) is 17.2 Å². The Morgan fingerprint density at radius 1 is 1.14 bits per heavy atom. The number of nitro groups is 1. The number of nitrogens with zero attached hydrogens (tertiary/aromatic N) is 1. The molecule has 0 atom stereocenters. The van der Waals surface area contributed by atoms with Crippen LogP contribution < -0.4 is 10.1 Å². The third kappa shape index (κ3) is 6.46. The fraction of sp³-hybridized carbons (Fsp3) is 0.647. The first-order valence-electron chi connectivity index (χ1n) is 9.08. The standard InChI is InChI=1S/C17H29N2O7Si.Rf/c1-6-18-15-12-16(19(20)21)14(11-17(15)22-2)13-26-9-7-8-10-27(23-3,24-4)25-5;/h11-12,18H,1,6-10,13H2,2-5H3;. The number of nitro benzene ring substituents is 1. The second-order valence-corrected chi connectivity index (χ2v) is 12.3. The Morgan fingerprint density at radius 3 is 2.36 bits per heavy atom. The zero-order valence-electron chi connectivity index (χ0n) is 17.1. The van der Waals surface area contributed by atoms with Crippen molar-refractivity contribution in [2.75, 3.05) is 46.9 Å². The molecule has 0 spiro atoms. The molecule has 0 heterocycles. The molecule has 1 rings (SSSR count). The zero-order chi connectivity index (χ0) is 21.0. The predicted octanol–water partition coefficient (Wildman–Crippen LogP) is 3.16. The van der Waals surface area contributed by atoms with Crippen LogP contribution in [-0.4, -0.2) is 55.3 Å². The van der Waals surface area contributed by atoms with Crippen molar-refractivity contribution in [1.82, 2.24) is 0 Å². The van der Waals surface area contributed by atoms with Crippen molar-refractivity contribution in [3.63, 3.8) is 0 Å². The van der Waals surface area contributed by atoms with Crippen molar-refractivity contribution in [2.24, 2.45) is 0 Å². The summed E-state index contributed by atoms with van der Waals surface area (Å²) in [6, 6.07) is 3.90. The van der Waals surface area contributed by atoms with Gasteiger partial charge in [-0.15, -0.1) is 0 Å². The van der Waals surface area contributed by atoms with Gasteiger partial charge >= 0.3 is 120 Å². The van der Waals surface area contributed by atoms with Crippen LogP contribution >= 0.6 is 0 Å². The molecular formula is C17H29N2O7RfSi. The molecular weight excluding hydrogens is 639 g/mol. The summed E-state index contributed by atoms with van der Waals surface area (Å²) in [7, 11) is 3.76. The molecule has 11 heteroatoms. The van der Waals surface area contributed by atoms with E-state index in [4.69, 9.17) is 22.8 Å². The molecule has 0 bridgehead atoms. The van der Waals surface area contributed by atoms with Crippen molar-refractivity contribution in [3.05, 3.63) is 27.8 Å². The molecule has 28 heavy (non-hydrogen) atoms. The van der Waals surface area contributed by atoms with Crippen molar-refractivity contribution >= 4 is 20.2 Å². The summed E-state index contributed by atoms with van der Waals surface area (Å²) in [6.07, 6.45) is 1.59. The van der Waals surface area contributed by atoms with Crippen molar-refractivity contribution in [2.45, 2.75) is 32.4 Å². The van der Waals surface area contributed by atoms with Crippen molar-refractivity contribution in [1.29, 1.82) is 0 Å². The van der Waals surface area contributed by atoms with Crippen LogP contribution in [0, 0.1) is 10.1 Å². The van der Waals surface area contributed by atoms with Gasteiger partial charge in [0.15, 0.2) is 0 Å². The van der Waals surface area contributed by atoms with Gasteiger partial charge in [0.05, 0.1) is 0 Å².